The summed E-state index contributed by atoms with van der Waals surface area (Å²) >= 11 is 0. The Morgan fingerprint density at radius 2 is 1.76 bits per heavy atom. The molecule has 1 fully saturated rings. The van der Waals surface area contributed by atoms with Crippen molar-refractivity contribution in [3.63, 3.8) is 0 Å². The maximum Gasteiger partial charge on any atom is 0.407 e. The monoisotopic (exact) mass is 310 g/mol. The molecule has 1 amide bonds. The standard InChI is InChI=1S/C14H25F3N2O2/c1-13(2,3)21-12(20)18-10-7-6-9(14(15,16)17)8-11(10)19(4)5/h9-11H,6-8H2,1-5H3,(H,18,20). The Morgan fingerprint density at radius 1 is 1.19 bits per heavy atom. The fourth-order valence-corrected chi connectivity index (χ4v) is 2.64. The molecule has 3 atom stereocenters. The van der Waals surface area contributed by atoms with Crippen LogP contribution in [0.3, 0.4) is 0 Å². The fourth-order valence-electron chi connectivity index (χ4n) is 2.64. The van der Waals surface area contributed by atoms with Crippen LogP contribution >= 0.6 is 0 Å². The molecular weight excluding hydrogens is 285 g/mol. The molecule has 0 aliphatic heterocycles. The quantitative estimate of drug-likeness (QED) is 0.852. The smallest absolute Gasteiger partial charge is 0.407 e. The maximum atomic E-state index is 12.9. The molecule has 21 heavy (non-hydrogen) atoms. The molecule has 0 aromatic carbocycles. The van der Waals surface area contributed by atoms with Crippen LogP contribution in [0.2, 0.25) is 0 Å². The molecule has 1 aliphatic carbocycles. The summed E-state index contributed by atoms with van der Waals surface area (Å²) in [4.78, 5) is 13.5. The van der Waals surface area contributed by atoms with E-state index >= 15 is 0 Å². The molecule has 0 bridgehead atoms. The van der Waals surface area contributed by atoms with E-state index < -0.39 is 23.8 Å². The third kappa shape index (κ3) is 5.73. The molecule has 0 heterocycles. The largest absolute Gasteiger partial charge is 0.444 e. The molecule has 0 spiro atoms. The molecule has 1 aliphatic rings. The van der Waals surface area contributed by atoms with Gasteiger partial charge in [0.05, 0.1) is 5.92 Å². The second-order valence-electron chi connectivity index (χ2n) is 6.84. The van der Waals surface area contributed by atoms with Crippen molar-refractivity contribution in [1.82, 2.24) is 10.2 Å². The number of hydrogen-bond donors (Lipinski definition) is 1. The summed E-state index contributed by atoms with van der Waals surface area (Å²) in [7, 11) is 3.46. The number of rotatable bonds is 2. The van der Waals surface area contributed by atoms with Crippen molar-refractivity contribution in [3.05, 3.63) is 0 Å². The first-order chi connectivity index (χ1) is 9.40. The topological polar surface area (TPSA) is 41.6 Å². The van der Waals surface area contributed by atoms with E-state index in [4.69, 9.17) is 4.74 Å². The van der Waals surface area contributed by atoms with Gasteiger partial charge in [0.15, 0.2) is 0 Å². The molecule has 0 radical (unpaired) electrons. The average molecular weight is 310 g/mol. The van der Waals surface area contributed by atoms with Gasteiger partial charge in [0.25, 0.3) is 0 Å². The molecule has 0 saturated heterocycles. The van der Waals surface area contributed by atoms with Crippen molar-refractivity contribution in [2.45, 2.75) is 63.9 Å². The summed E-state index contributed by atoms with van der Waals surface area (Å²) in [5.41, 5.74) is -0.624. The van der Waals surface area contributed by atoms with Crippen LogP contribution in [0.4, 0.5) is 18.0 Å². The minimum Gasteiger partial charge on any atom is -0.444 e. The third-order valence-corrected chi connectivity index (χ3v) is 3.64. The summed E-state index contributed by atoms with van der Waals surface area (Å²) < 4.78 is 43.8. The number of carbonyl (C=O) groups excluding carboxylic acids is 1. The van der Waals surface area contributed by atoms with E-state index in [0.717, 1.165) is 0 Å². The zero-order valence-electron chi connectivity index (χ0n) is 13.3. The van der Waals surface area contributed by atoms with Crippen LogP contribution in [0.5, 0.6) is 0 Å². The Bertz CT molecular complexity index is 364. The second kappa shape index (κ2) is 6.42. The average Bonchev–Trinajstić information content (AvgIpc) is 2.24. The Morgan fingerprint density at radius 3 is 2.19 bits per heavy atom. The van der Waals surface area contributed by atoms with Gasteiger partial charge < -0.3 is 15.0 Å². The summed E-state index contributed by atoms with van der Waals surface area (Å²) in [6.45, 7) is 5.24. The van der Waals surface area contributed by atoms with E-state index in [-0.39, 0.29) is 24.9 Å². The number of hydrogen-bond acceptors (Lipinski definition) is 3. The Hall–Kier alpha value is -0.980. The van der Waals surface area contributed by atoms with E-state index in [1.807, 2.05) is 0 Å². The highest BCUT2D eigenvalue weighted by atomic mass is 19.4. The van der Waals surface area contributed by atoms with Gasteiger partial charge in [0.2, 0.25) is 0 Å². The SMILES string of the molecule is CN(C)C1CC(C(F)(F)F)CCC1NC(=O)OC(C)(C)C. The predicted octanol–water partition coefficient (Wildman–Crippen LogP) is 3.17. The van der Waals surface area contributed by atoms with E-state index in [1.54, 1.807) is 39.8 Å². The van der Waals surface area contributed by atoms with E-state index in [2.05, 4.69) is 5.32 Å². The Kier molecular flexibility index (Phi) is 5.52. The van der Waals surface area contributed by atoms with Crippen molar-refractivity contribution in [1.29, 1.82) is 0 Å². The molecule has 3 unspecified atom stereocenters. The van der Waals surface area contributed by atoms with Gasteiger partial charge in [-0.05, 0) is 54.1 Å². The molecule has 1 N–H and O–H groups in total. The first kappa shape index (κ1) is 18.1. The molecule has 1 rings (SSSR count). The van der Waals surface area contributed by atoms with Crippen molar-refractivity contribution in [2.75, 3.05) is 14.1 Å². The summed E-state index contributed by atoms with van der Waals surface area (Å²) in [5, 5.41) is 2.71. The molecule has 1 saturated carbocycles. The van der Waals surface area contributed by atoms with Crippen molar-refractivity contribution in [2.24, 2.45) is 5.92 Å². The van der Waals surface area contributed by atoms with Gasteiger partial charge in [0, 0.05) is 12.1 Å². The Balaban J connectivity index is 2.68. The lowest BCUT2D eigenvalue weighted by Gasteiger charge is -2.40. The summed E-state index contributed by atoms with van der Waals surface area (Å²) in [6.07, 6.45) is -4.42. The van der Waals surface area contributed by atoms with Gasteiger partial charge in [-0.1, -0.05) is 0 Å². The highest BCUT2D eigenvalue weighted by Crippen LogP contribution is 2.38. The highest BCUT2D eigenvalue weighted by Gasteiger charge is 2.45. The molecule has 0 aromatic rings. The number of nitrogens with one attached hydrogen (secondary N) is 1. The van der Waals surface area contributed by atoms with E-state index in [9.17, 15) is 18.0 Å². The highest BCUT2D eigenvalue weighted by molar-refractivity contribution is 5.68. The van der Waals surface area contributed by atoms with E-state index in [0.29, 0.717) is 6.42 Å². The van der Waals surface area contributed by atoms with Crippen LogP contribution in [-0.4, -0.2) is 48.9 Å². The zero-order valence-corrected chi connectivity index (χ0v) is 13.3. The van der Waals surface area contributed by atoms with Crippen LogP contribution in [0, 0.1) is 5.92 Å². The molecule has 124 valence electrons. The summed E-state index contributed by atoms with van der Waals surface area (Å²) in [5.74, 6) is -1.30. The Labute approximate surface area is 124 Å². The van der Waals surface area contributed by atoms with Crippen LogP contribution in [-0.2, 0) is 4.74 Å². The van der Waals surface area contributed by atoms with Crippen LogP contribution in [0.1, 0.15) is 40.0 Å². The molecule has 4 nitrogen and oxygen atoms in total. The number of ether oxygens (including phenoxy) is 1. The third-order valence-electron chi connectivity index (χ3n) is 3.64. The lowest BCUT2D eigenvalue weighted by Crippen LogP contribution is -2.54. The number of carbonyl (C=O) groups is 1. The molecule has 0 aromatic heterocycles. The lowest BCUT2D eigenvalue weighted by molar-refractivity contribution is -0.187. The zero-order chi connectivity index (χ0) is 16.4. The van der Waals surface area contributed by atoms with Crippen LogP contribution in [0.15, 0.2) is 0 Å². The fraction of sp³-hybridized carbons (Fsp3) is 0.929. The van der Waals surface area contributed by atoms with Gasteiger partial charge in [-0.3, -0.25) is 0 Å². The minimum atomic E-state index is -4.18. The molecular formula is C14H25F3N2O2. The normalized spacial score (nSPS) is 27.6. The van der Waals surface area contributed by atoms with Gasteiger partial charge >= 0.3 is 12.3 Å². The van der Waals surface area contributed by atoms with E-state index in [1.165, 1.54) is 0 Å². The van der Waals surface area contributed by atoms with Gasteiger partial charge in [-0.25, -0.2) is 4.79 Å². The van der Waals surface area contributed by atoms with Crippen LogP contribution in [0.25, 0.3) is 0 Å². The van der Waals surface area contributed by atoms with Gasteiger partial charge in [-0.15, -0.1) is 0 Å². The van der Waals surface area contributed by atoms with Gasteiger partial charge in [0.1, 0.15) is 5.60 Å². The number of amides is 1. The maximum absolute atomic E-state index is 12.9. The number of nitrogens with zero attached hydrogens (tertiary/aromatic N) is 1. The summed E-state index contributed by atoms with van der Waals surface area (Å²) in [6, 6.07) is -0.675. The molecule has 7 heteroatoms. The number of alkyl carbamates (subject to hydrolysis) is 1. The van der Waals surface area contributed by atoms with Crippen molar-refractivity contribution < 1.29 is 22.7 Å². The van der Waals surface area contributed by atoms with Gasteiger partial charge in [-0.2, -0.15) is 13.2 Å². The van der Waals surface area contributed by atoms with Crippen molar-refractivity contribution in [3.8, 4) is 0 Å². The number of likely N-dealkylation sites (N-methyl/N-ethyl adjacent to an activating group) is 1. The first-order valence-corrected chi connectivity index (χ1v) is 7.13. The van der Waals surface area contributed by atoms with Crippen LogP contribution < -0.4 is 5.32 Å². The predicted molar refractivity (Wildman–Crippen MR) is 74.0 cm³/mol. The second-order valence-corrected chi connectivity index (χ2v) is 6.84. The number of alkyl halides is 3. The number of halogens is 3. The minimum absolute atomic E-state index is 0.00301. The lowest BCUT2D eigenvalue weighted by atomic mass is 9.81. The first-order valence-electron chi connectivity index (χ1n) is 7.13. The van der Waals surface area contributed by atoms with Crippen molar-refractivity contribution >= 4 is 6.09 Å².